The van der Waals surface area contributed by atoms with E-state index in [1.807, 2.05) is 13.0 Å². The van der Waals surface area contributed by atoms with Crippen LogP contribution in [0.5, 0.6) is 0 Å². The molecule has 2 saturated heterocycles. The van der Waals surface area contributed by atoms with Crippen molar-refractivity contribution in [3.63, 3.8) is 0 Å². The Morgan fingerprint density at radius 2 is 1.54 bits per heavy atom. The standard InChI is InChI=1S/C30H29F3O2/c1-2-3-4-5-23-12-10-22(17-34-23)21-11-13-24(27(31)16-21)19-6-8-20(9-7-19)25-14-15-26(28-18-35-28)30(33)29(25)32/h2-3,6-9,11,13-16,22-23,28H,4-5,10,12,17-18H2,1H3/b3-2+. The number of ether oxygens (including phenoxy) is 2. The highest BCUT2D eigenvalue weighted by atomic mass is 19.2. The maximum absolute atomic E-state index is 15.1. The van der Waals surface area contributed by atoms with Gasteiger partial charge in [-0.3, -0.25) is 0 Å². The first-order valence-corrected chi connectivity index (χ1v) is 12.3. The molecule has 3 atom stereocenters. The minimum atomic E-state index is -0.889. The predicted octanol–water partition coefficient (Wildman–Crippen LogP) is 8.13. The first-order chi connectivity index (χ1) is 17.0. The minimum absolute atomic E-state index is 0.176. The first kappa shape index (κ1) is 23.8. The number of hydrogen-bond donors (Lipinski definition) is 0. The zero-order valence-electron chi connectivity index (χ0n) is 19.8. The average Bonchev–Trinajstić information content (AvgIpc) is 3.72. The van der Waals surface area contributed by atoms with Gasteiger partial charge in [0.2, 0.25) is 0 Å². The molecule has 0 radical (unpaired) electrons. The van der Waals surface area contributed by atoms with E-state index in [1.165, 1.54) is 0 Å². The molecule has 2 nitrogen and oxygen atoms in total. The summed E-state index contributed by atoms with van der Waals surface area (Å²) in [5.74, 6) is -1.86. The Kier molecular flexibility index (Phi) is 7.07. The Hall–Kier alpha value is -2.89. The van der Waals surface area contributed by atoms with Crippen molar-refractivity contribution in [2.45, 2.75) is 50.7 Å². The molecule has 0 spiro atoms. The summed E-state index contributed by atoms with van der Waals surface area (Å²) in [5, 5.41) is 0. The smallest absolute Gasteiger partial charge is 0.167 e. The Morgan fingerprint density at radius 1 is 0.829 bits per heavy atom. The van der Waals surface area contributed by atoms with Gasteiger partial charge < -0.3 is 9.47 Å². The van der Waals surface area contributed by atoms with Crippen molar-refractivity contribution < 1.29 is 22.6 Å². The normalized spacial score (nSPS) is 22.0. The molecular weight excluding hydrogens is 449 g/mol. The second kappa shape index (κ2) is 10.4. The van der Waals surface area contributed by atoms with Crippen molar-refractivity contribution in [1.29, 1.82) is 0 Å². The van der Waals surface area contributed by atoms with Gasteiger partial charge in [0.05, 0.1) is 19.3 Å². The second-order valence-corrected chi connectivity index (χ2v) is 9.34. The quantitative estimate of drug-likeness (QED) is 0.253. The van der Waals surface area contributed by atoms with E-state index in [-0.39, 0.29) is 35.1 Å². The van der Waals surface area contributed by atoms with E-state index >= 15 is 4.39 Å². The van der Waals surface area contributed by atoms with Gasteiger partial charge >= 0.3 is 0 Å². The third kappa shape index (κ3) is 5.21. The fourth-order valence-electron chi connectivity index (χ4n) is 4.86. The summed E-state index contributed by atoms with van der Waals surface area (Å²) in [5.41, 5.74) is 3.08. The maximum atomic E-state index is 15.1. The molecule has 5 heteroatoms. The second-order valence-electron chi connectivity index (χ2n) is 9.34. The lowest BCUT2D eigenvalue weighted by atomic mass is 9.89. The third-order valence-electron chi connectivity index (χ3n) is 7.03. The van der Waals surface area contributed by atoms with E-state index in [1.54, 1.807) is 48.5 Å². The predicted molar refractivity (Wildman–Crippen MR) is 132 cm³/mol. The van der Waals surface area contributed by atoms with E-state index in [0.717, 1.165) is 31.2 Å². The van der Waals surface area contributed by atoms with Crippen LogP contribution in [0.3, 0.4) is 0 Å². The first-order valence-electron chi connectivity index (χ1n) is 12.3. The molecule has 35 heavy (non-hydrogen) atoms. The van der Waals surface area contributed by atoms with Crippen LogP contribution >= 0.6 is 0 Å². The lowest BCUT2D eigenvalue weighted by molar-refractivity contribution is -0.000225. The maximum Gasteiger partial charge on any atom is 0.167 e. The SMILES string of the molecule is C/C=C/CCC1CCC(c2ccc(-c3ccc(-c4ccc(C5CO5)c(F)c4F)cc3)c(F)c2)CO1. The molecule has 0 aliphatic carbocycles. The van der Waals surface area contributed by atoms with Gasteiger partial charge in [-0.1, -0.05) is 60.7 Å². The molecule has 3 unspecified atom stereocenters. The summed E-state index contributed by atoms with van der Waals surface area (Å²) < 4.78 is 55.2. The van der Waals surface area contributed by atoms with Crippen LogP contribution in [0.1, 0.15) is 55.8 Å². The number of benzene rings is 3. The van der Waals surface area contributed by atoms with Gasteiger partial charge in [0.1, 0.15) is 11.9 Å². The molecule has 0 aromatic heterocycles. The molecule has 2 heterocycles. The van der Waals surface area contributed by atoms with Crippen LogP contribution in [0.2, 0.25) is 0 Å². The summed E-state index contributed by atoms with van der Waals surface area (Å²) >= 11 is 0. The van der Waals surface area contributed by atoms with E-state index in [2.05, 4.69) is 12.2 Å². The number of allylic oxidation sites excluding steroid dienone is 2. The van der Waals surface area contributed by atoms with Gasteiger partial charge in [0.25, 0.3) is 0 Å². The van der Waals surface area contributed by atoms with Gasteiger partial charge in [-0.2, -0.15) is 0 Å². The number of hydrogen-bond acceptors (Lipinski definition) is 2. The largest absolute Gasteiger partial charge is 0.378 e. The van der Waals surface area contributed by atoms with Gasteiger partial charge in [-0.15, -0.1) is 0 Å². The molecule has 3 aromatic rings. The van der Waals surface area contributed by atoms with Crippen molar-refractivity contribution in [2.24, 2.45) is 0 Å². The summed E-state index contributed by atoms with van der Waals surface area (Å²) in [7, 11) is 0. The highest BCUT2D eigenvalue weighted by Gasteiger charge is 2.30. The number of halogens is 3. The topological polar surface area (TPSA) is 21.8 Å². The Balaban J connectivity index is 1.28. The fraction of sp³-hybridized carbons (Fsp3) is 0.333. The molecule has 3 aromatic carbocycles. The van der Waals surface area contributed by atoms with E-state index in [4.69, 9.17) is 9.47 Å². The van der Waals surface area contributed by atoms with Crippen molar-refractivity contribution >= 4 is 0 Å². The van der Waals surface area contributed by atoms with Crippen molar-refractivity contribution in [3.8, 4) is 22.3 Å². The van der Waals surface area contributed by atoms with Crippen LogP contribution in [0.25, 0.3) is 22.3 Å². The van der Waals surface area contributed by atoms with Crippen LogP contribution in [0, 0.1) is 17.5 Å². The summed E-state index contributed by atoms with van der Waals surface area (Å²) in [6.45, 7) is 3.05. The molecule has 2 aliphatic heterocycles. The van der Waals surface area contributed by atoms with Crippen LogP contribution in [-0.4, -0.2) is 19.3 Å². The van der Waals surface area contributed by atoms with Gasteiger partial charge in [0, 0.05) is 22.6 Å². The lowest BCUT2D eigenvalue weighted by Gasteiger charge is -2.29. The summed E-state index contributed by atoms with van der Waals surface area (Å²) in [6, 6.07) is 15.4. The van der Waals surface area contributed by atoms with Crippen molar-refractivity contribution in [3.05, 3.63) is 95.3 Å². The number of rotatable bonds is 7. The van der Waals surface area contributed by atoms with Crippen LogP contribution in [0.15, 0.2) is 66.7 Å². The monoisotopic (exact) mass is 478 g/mol. The van der Waals surface area contributed by atoms with Gasteiger partial charge in [-0.25, -0.2) is 13.2 Å². The molecular formula is C30H29F3O2. The van der Waals surface area contributed by atoms with E-state index in [0.29, 0.717) is 29.9 Å². The van der Waals surface area contributed by atoms with Crippen molar-refractivity contribution in [1.82, 2.24) is 0 Å². The van der Waals surface area contributed by atoms with Crippen LogP contribution < -0.4 is 0 Å². The Bertz CT molecular complexity index is 1210. The van der Waals surface area contributed by atoms with Gasteiger partial charge in [-0.05, 0) is 55.4 Å². The molecule has 182 valence electrons. The van der Waals surface area contributed by atoms with Crippen molar-refractivity contribution in [2.75, 3.05) is 13.2 Å². The zero-order chi connectivity index (χ0) is 24.4. The van der Waals surface area contributed by atoms with Crippen LogP contribution in [0.4, 0.5) is 13.2 Å². The molecule has 0 amide bonds. The molecule has 2 fully saturated rings. The Morgan fingerprint density at radius 3 is 2.17 bits per heavy atom. The minimum Gasteiger partial charge on any atom is -0.378 e. The summed E-state index contributed by atoms with van der Waals surface area (Å²) in [4.78, 5) is 0. The lowest BCUT2D eigenvalue weighted by Crippen LogP contribution is -2.24. The molecule has 0 N–H and O–H groups in total. The molecule has 0 saturated carbocycles. The Labute approximate surface area is 204 Å². The van der Waals surface area contributed by atoms with E-state index in [9.17, 15) is 8.78 Å². The molecule has 5 rings (SSSR count). The number of epoxide rings is 1. The third-order valence-corrected chi connectivity index (χ3v) is 7.03. The fourth-order valence-corrected chi connectivity index (χ4v) is 4.86. The average molecular weight is 479 g/mol. The molecule has 2 aliphatic rings. The van der Waals surface area contributed by atoms with E-state index < -0.39 is 11.6 Å². The van der Waals surface area contributed by atoms with Gasteiger partial charge in [0.15, 0.2) is 11.6 Å². The highest BCUT2D eigenvalue weighted by molar-refractivity contribution is 5.71. The van der Waals surface area contributed by atoms with Crippen LogP contribution in [-0.2, 0) is 9.47 Å². The summed E-state index contributed by atoms with van der Waals surface area (Å²) in [6.07, 6.45) is 8.17. The highest BCUT2D eigenvalue weighted by Crippen LogP contribution is 2.37. The zero-order valence-corrected chi connectivity index (χ0v) is 19.8. The molecule has 0 bridgehead atoms.